The fourth-order valence-electron chi connectivity index (χ4n) is 1.48. The van der Waals surface area contributed by atoms with Crippen molar-refractivity contribution in [3.05, 3.63) is 40.3 Å². The summed E-state index contributed by atoms with van der Waals surface area (Å²) < 4.78 is 0. The van der Waals surface area contributed by atoms with Crippen LogP contribution in [0.2, 0.25) is 0 Å². The molecule has 1 aromatic heterocycles. The molecule has 0 saturated carbocycles. The first-order chi connectivity index (χ1) is 6.20. The van der Waals surface area contributed by atoms with Crippen LogP contribution in [-0.4, -0.2) is 4.98 Å². The first-order valence-corrected chi connectivity index (χ1v) is 4.06. The molecule has 0 radical (unpaired) electrons. The smallest absolute Gasteiger partial charge is 0.257 e. The second kappa shape index (κ2) is 2.62. The lowest BCUT2D eigenvalue weighted by Crippen LogP contribution is -2.08. The van der Waals surface area contributed by atoms with E-state index in [-0.39, 0.29) is 5.56 Å². The highest BCUT2D eigenvalue weighted by Gasteiger charge is 2.03. The van der Waals surface area contributed by atoms with Crippen molar-refractivity contribution >= 4 is 16.5 Å². The molecule has 13 heavy (non-hydrogen) atoms. The number of nitrogen functional groups attached to an aromatic ring is 1. The fourth-order valence-corrected chi connectivity index (χ4v) is 1.48. The van der Waals surface area contributed by atoms with Gasteiger partial charge in [0.2, 0.25) is 0 Å². The highest BCUT2D eigenvalue weighted by atomic mass is 16.1. The Morgan fingerprint density at radius 1 is 1.38 bits per heavy atom. The van der Waals surface area contributed by atoms with Crippen molar-refractivity contribution in [2.24, 2.45) is 0 Å². The molecule has 0 saturated heterocycles. The lowest BCUT2D eigenvalue weighted by atomic mass is 10.1. The van der Waals surface area contributed by atoms with Gasteiger partial charge in [0, 0.05) is 11.9 Å². The number of H-pyrrole nitrogens is 1. The van der Waals surface area contributed by atoms with Gasteiger partial charge < -0.3 is 10.7 Å². The Kier molecular flexibility index (Phi) is 1.59. The van der Waals surface area contributed by atoms with E-state index in [1.54, 1.807) is 12.3 Å². The van der Waals surface area contributed by atoms with Gasteiger partial charge in [0.1, 0.15) is 0 Å². The number of fused-ring (bicyclic) bond motifs is 1. The van der Waals surface area contributed by atoms with E-state index in [0.717, 1.165) is 10.9 Å². The average molecular weight is 174 g/mol. The highest BCUT2D eigenvalue weighted by molar-refractivity contribution is 5.93. The van der Waals surface area contributed by atoms with Gasteiger partial charge in [-0.05, 0) is 23.9 Å². The minimum atomic E-state index is -0.126. The van der Waals surface area contributed by atoms with Crippen molar-refractivity contribution in [1.82, 2.24) is 4.98 Å². The second-order valence-corrected chi connectivity index (χ2v) is 3.07. The molecule has 1 aromatic carbocycles. The standard InChI is InChI=1S/C10H10N2O/c1-6-5-12-10(13)9-7(6)3-2-4-8(9)11/h2-5H,11H2,1H3,(H,12,13). The summed E-state index contributed by atoms with van der Waals surface area (Å²) >= 11 is 0. The summed E-state index contributed by atoms with van der Waals surface area (Å²) in [4.78, 5) is 14.1. The maximum Gasteiger partial charge on any atom is 0.257 e. The first kappa shape index (κ1) is 7.86. The Hall–Kier alpha value is -1.77. The molecule has 66 valence electrons. The Labute approximate surface area is 75.2 Å². The zero-order valence-corrected chi connectivity index (χ0v) is 7.29. The predicted octanol–water partition coefficient (Wildman–Crippen LogP) is 1.42. The van der Waals surface area contributed by atoms with Crippen LogP contribution in [0.4, 0.5) is 5.69 Å². The number of benzene rings is 1. The zero-order valence-electron chi connectivity index (χ0n) is 7.29. The van der Waals surface area contributed by atoms with Gasteiger partial charge in [-0.15, -0.1) is 0 Å². The van der Waals surface area contributed by atoms with Crippen LogP contribution in [0.15, 0.2) is 29.2 Å². The van der Waals surface area contributed by atoms with E-state index in [0.29, 0.717) is 11.1 Å². The summed E-state index contributed by atoms with van der Waals surface area (Å²) in [6.45, 7) is 1.94. The van der Waals surface area contributed by atoms with Crippen LogP contribution < -0.4 is 11.3 Å². The molecule has 0 atom stereocenters. The molecule has 0 fully saturated rings. The van der Waals surface area contributed by atoms with Crippen molar-refractivity contribution in [3.8, 4) is 0 Å². The summed E-state index contributed by atoms with van der Waals surface area (Å²) in [5, 5.41) is 1.51. The average Bonchev–Trinajstić information content (AvgIpc) is 2.12. The van der Waals surface area contributed by atoms with E-state index in [9.17, 15) is 4.79 Å². The molecule has 3 N–H and O–H groups in total. The highest BCUT2D eigenvalue weighted by Crippen LogP contribution is 2.18. The van der Waals surface area contributed by atoms with E-state index < -0.39 is 0 Å². The molecule has 0 amide bonds. The van der Waals surface area contributed by atoms with Crippen LogP contribution in [-0.2, 0) is 0 Å². The summed E-state index contributed by atoms with van der Waals surface area (Å²) in [6.07, 6.45) is 1.70. The molecule has 0 aliphatic carbocycles. The van der Waals surface area contributed by atoms with Gasteiger partial charge in [-0.3, -0.25) is 4.79 Å². The molecule has 1 heterocycles. The minimum Gasteiger partial charge on any atom is -0.398 e. The Morgan fingerprint density at radius 3 is 2.85 bits per heavy atom. The Bertz CT molecular complexity index is 514. The normalized spacial score (nSPS) is 10.5. The molecule has 3 nitrogen and oxygen atoms in total. The molecule has 0 bridgehead atoms. The zero-order chi connectivity index (χ0) is 9.42. The number of nitrogens with one attached hydrogen (secondary N) is 1. The van der Waals surface area contributed by atoms with Crippen molar-refractivity contribution in [2.75, 3.05) is 5.73 Å². The van der Waals surface area contributed by atoms with Crippen LogP contribution in [0.3, 0.4) is 0 Å². The number of nitrogens with two attached hydrogens (primary N) is 1. The SMILES string of the molecule is Cc1c[nH]c(=O)c2c(N)cccc12. The lowest BCUT2D eigenvalue weighted by Gasteiger charge is -2.02. The van der Waals surface area contributed by atoms with E-state index in [1.165, 1.54) is 0 Å². The summed E-state index contributed by atoms with van der Waals surface area (Å²) in [6, 6.07) is 5.48. The molecule has 0 aliphatic heterocycles. The minimum absolute atomic E-state index is 0.126. The van der Waals surface area contributed by atoms with E-state index in [4.69, 9.17) is 5.73 Å². The third-order valence-corrected chi connectivity index (χ3v) is 2.17. The molecule has 0 spiro atoms. The maximum absolute atomic E-state index is 11.4. The molecule has 3 heteroatoms. The van der Waals surface area contributed by atoms with Gasteiger partial charge in [-0.1, -0.05) is 12.1 Å². The van der Waals surface area contributed by atoms with Crippen LogP contribution >= 0.6 is 0 Å². The van der Waals surface area contributed by atoms with Gasteiger partial charge in [-0.25, -0.2) is 0 Å². The van der Waals surface area contributed by atoms with Crippen molar-refractivity contribution < 1.29 is 0 Å². The number of hydrogen-bond donors (Lipinski definition) is 2. The van der Waals surface area contributed by atoms with Gasteiger partial charge in [0.15, 0.2) is 0 Å². The topological polar surface area (TPSA) is 58.9 Å². The molecular formula is C10H10N2O. The van der Waals surface area contributed by atoms with Gasteiger partial charge in [0.05, 0.1) is 5.39 Å². The third-order valence-electron chi connectivity index (χ3n) is 2.17. The Morgan fingerprint density at radius 2 is 2.15 bits per heavy atom. The summed E-state index contributed by atoms with van der Waals surface area (Å²) in [5.41, 5.74) is 7.14. The van der Waals surface area contributed by atoms with Crippen LogP contribution in [0, 0.1) is 6.92 Å². The van der Waals surface area contributed by atoms with Crippen molar-refractivity contribution in [3.63, 3.8) is 0 Å². The number of aromatic amines is 1. The maximum atomic E-state index is 11.4. The van der Waals surface area contributed by atoms with Crippen LogP contribution in [0.5, 0.6) is 0 Å². The summed E-state index contributed by atoms with van der Waals surface area (Å²) in [7, 11) is 0. The molecular weight excluding hydrogens is 164 g/mol. The number of hydrogen-bond acceptors (Lipinski definition) is 2. The monoisotopic (exact) mass is 174 g/mol. The molecule has 2 rings (SSSR count). The van der Waals surface area contributed by atoms with Crippen molar-refractivity contribution in [1.29, 1.82) is 0 Å². The van der Waals surface area contributed by atoms with Crippen molar-refractivity contribution in [2.45, 2.75) is 6.92 Å². The summed E-state index contributed by atoms with van der Waals surface area (Å²) in [5.74, 6) is 0. The number of aryl methyl sites for hydroxylation is 1. The lowest BCUT2D eigenvalue weighted by molar-refractivity contribution is 1.24. The fraction of sp³-hybridized carbons (Fsp3) is 0.100. The Balaban J connectivity index is 3.09. The number of rotatable bonds is 0. The van der Waals surface area contributed by atoms with Crippen LogP contribution in [0.1, 0.15) is 5.56 Å². The number of anilines is 1. The number of pyridine rings is 1. The molecule has 0 aliphatic rings. The second-order valence-electron chi connectivity index (χ2n) is 3.07. The molecule has 2 aromatic rings. The first-order valence-electron chi connectivity index (χ1n) is 4.06. The predicted molar refractivity (Wildman–Crippen MR) is 53.7 cm³/mol. The number of aromatic nitrogens is 1. The molecule has 0 unspecified atom stereocenters. The van der Waals surface area contributed by atoms with Gasteiger partial charge in [0.25, 0.3) is 5.56 Å². The largest absolute Gasteiger partial charge is 0.398 e. The quantitative estimate of drug-likeness (QED) is 0.593. The van der Waals surface area contributed by atoms with E-state index in [1.807, 2.05) is 19.1 Å². The van der Waals surface area contributed by atoms with E-state index >= 15 is 0 Å². The third kappa shape index (κ3) is 1.09. The van der Waals surface area contributed by atoms with Crippen LogP contribution in [0.25, 0.3) is 10.8 Å². The van der Waals surface area contributed by atoms with Gasteiger partial charge >= 0.3 is 0 Å². The van der Waals surface area contributed by atoms with E-state index in [2.05, 4.69) is 4.98 Å². The van der Waals surface area contributed by atoms with Gasteiger partial charge in [-0.2, -0.15) is 0 Å².